The number of likely N-dealkylation sites (tertiary alicyclic amines) is 1. The number of pyridine rings is 1. The number of para-hydroxylation sites is 1. The first-order valence-corrected chi connectivity index (χ1v) is 8.71. The summed E-state index contributed by atoms with van der Waals surface area (Å²) in [5, 5.41) is 10.3. The number of amides is 1. The maximum atomic E-state index is 13.0. The number of hydrogen-bond acceptors (Lipinski definition) is 3. The van der Waals surface area contributed by atoms with Crippen LogP contribution in [0.15, 0.2) is 48.7 Å². The van der Waals surface area contributed by atoms with Crippen LogP contribution in [0.2, 0.25) is 0 Å². The standard InChI is InChI=1S/C20H19N3O3/c24-19(17-12-14(20(25)26)8-9-21-17)23-10-4-3-7-18(23)16-11-13-5-1-2-6-15(13)22-16/h1-2,5-6,8-9,11-12,18,22H,3-4,7,10H2,(H,25,26). The van der Waals surface area contributed by atoms with E-state index in [1.54, 1.807) is 0 Å². The van der Waals surface area contributed by atoms with Crippen LogP contribution >= 0.6 is 0 Å². The van der Waals surface area contributed by atoms with Gasteiger partial charge in [0, 0.05) is 24.0 Å². The molecular formula is C20H19N3O3. The monoisotopic (exact) mass is 349 g/mol. The van der Waals surface area contributed by atoms with Crippen molar-refractivity contribution in [2.45, 2.75) is 25.3 Å². The van der Waals surface area contributed by atoms with Crippen LogP contribution in [0.1, 0.15) is 51.8 Å². The van der Waals surface area contributed by atoms with Gasteiger partial charge in [-0.15, -0.1) is 0 Å². The number of carboxylic acid groups (broad SMARTS) is 1. The van der Waals surface area contributed by atoms with E-state index >= 15 is 0 Å². The van der Waals surface area contributed by atoms with E-state index in [1.807, 2.05) is 29.2 Å². The van der Waals surface area contributed by atoms with Crippen molar-refractivity contribution in [3.8, 4) is 0 Å². The van der Waals surface area contributed by atoms with E-state index in [0.29, 0.717) is 6.54 Å². The first-order valence-electron chi connectivity index (χ1n) is 8.71. The maximum Gasteiger partial charge on any atom is 0.335 e. The maximum absolute atomic E-state index is 13.0. The first-order chi connectivity index (χ1) is 12.6. The molecule has 0 bridgehead atoms. The third kappa shape index (κ3) is 2.94. The zero-order valence-electron chi connectivity index (χ0n) is 14.2. The number of benzene rings is 1. The Kier molecular flexibility index (Phi) is 4.16. The Morgan fingerprint density at radius 2 is 2.00 bits per heavy atom. The lowest BCUT2D eigenvalue weighted by Gasteiger charge is -2.35. The molecule has 26 heavy (non-hydrogen) atoms. The number of piperidine rings is 1. The minimum atomic E-state index is -1.06. The molecule has 6 nitrogen and oxygen atoms in total. The van der Waals surface area contributed by atoms with Gasteiger partial charge in [-0.25, -0.2) is 4.79 Å². The van der Waals surface area contributed by atoms with Crippen molar-refractivity contribution in [3.63, 3.8) is 0 Å². The molecule has 2 N–H and O–H groups in total. The van der Waals surface area contributed by atoms with Crippen molar-refractivity contribution in [1.29, 1.82) is 0 Å². The van der Waals surface area contributed by atoms with E-state index < -0.39 is 5.97 Å². The van der Waals surface area contributed by atoms with Crippen LogP contribution in [0, 0.1) is 0 Å². The highest BCUT2D eigenvalue weighted by molar-refractivity contribution is 5.96. The zero-order valence-corrected chi connectivity index (χ0v) is 14.2. The van der Waals surface area contributed by atoms with Gasteiger partial charge in [-0.2, -0.15) is 0 Å². The molecule has 6 heteroatoms. The lowest BCUT2D eigenvalue weighted by atomic mass is 9.98. The largest absolute Gasteiger partial charge is 0.478 e. The van der Waals surface area contributed by atoms with Crippen LogP contribution < -0.4 is 0 Å². The minimum Gasteiger partial charge on any atom is -0.478 e. The number of aromatic amines is 1. The summed E-state index contributed by atoms with van der Waals surface area (Å²) in [6, 6.07) is 12.8. The minimum absolute atomic E-state index is 0.0565. The fourth-order valence-electron chi connectivity index (χ4n) is 3.60. The summed E-state index contributed by atoms with van der Waals surface area (Å²) in [4.78, 5) is 33.5. The average Bonchev–Trinajstić information content (AvgIpc) is 3.11. The van der Waals surface area contributed by atoms with Gasteiger partial charge < -0.3 is 15.0 Å². The van der Waals surface area contributed by atoms with Crippen LogP contribution in [0.4, 0.5) is 0 Å². The Bertz CT molecular complexity index is 946. The van der Waals surface area contributed by atoms with Gasteiger partial charge >= 0.3 is 5.97 Å². The molecule has 4 rings (SSSR count). The van der Waals surface area contributed by atoms with Gasteiger partial charge in [-0.3, -0.25) is 9.78 Å². The Morgan fingerprint density at radius 1 is 1.15 bits per heavy atom. The molecule has 132 valence electrons. The van der Waals surface area contributed by atoms with Crippen LogP contribution in [-0.4, -0.2) is 38.4 Å². The van der Waals surface area contributed by atoms with Crippen LogP contribution in [0.3, 0.4) is 0 Å². The number of H-pyrrole nitrogens is 1. The van der Waals surface area contributed by atoms with Gasteiger partial charge in [-0.1, -0.05) is 18.2 Å². The summed E-state index contributed by atoms with van der Waals surface area (Å²) < 4.78 is 0. The zero-order chi connectivity index (χ0) is 18.1. The van der Waals surface area contributed by atoms with E-state index in [2.05, 4.69) is 16.0 Å². The number of nitrogens with one attached hydrogen (secondary N) is 1. The summed E-state index contributed by atoms with van der Waals surface area (Å²) in [5.74, 6) is -1.29. The molecule has 0 aliphatic carbocycles. The normalized spacial score (nSPS) is 17.4. The lowest BCUT2D eigenvalue weighted by molar-refractivity contribution is 0.0601. The van der Waals surface area contributed by atoms with E-state index in [-0.39, 0.29) is 23.2 Å². The van der Waals surface area contributed by atoms with E-state index in [9.17, 15) is 9.59 Å². The molecule has 2 aromatic heterocycles. The van der Waals surface area contributed by atoms with Crippen molar-refractivity contribution < 1.29 is 14.7 Å². The third-order valence-electron chi connectivity index (χ3n) is 4.90. The number of fused-ring (bicyclic) bond motifs is 1. The van der Waals surface area contributed by atoms with Crippen molar-refractivity contribution in [2.75, 3.05) is 6.54 Å². The molecule has 1 saturated heterocycles. The summed E-state index contributed by atoms with van der Waals surface area (Å²) in [5.41, 5.74) is 2.30. The molecule has 1 fully saturated rings. The predicted molar refractivity (Wildman–Crippen MR) is 97.1 cm³/mol. The fraction of sp³-hybridized carbons (Fsp3) is 0.250. The molecule has 1 unspecified atom stereocenters. The van der Waals surface area contributed by atoms with Gasteiger partial charge in [0.15, 0.2) is 0 Å². The van der Waals surface area contributed by atoms with Crippen LogP contribution in [0.25, 0.3) is 10.9 Å². The van der Waals surface area contributed by atoms with Gasteiger partial charge in [-0.05, 0) is 48.9 Å². The summed E-state index contributed by atoms with van der Waals surface area (Å²) in [6.45, 7) is 0.637. The molecule has 3 aromatic rings. The molecule has 1 aliphatic heterocycles. The van der Waals surface area contributed by atoms with Crippen LogP contribution in [0.5, 0.6) is 0 Å². The van der Waals surface area contributed by atoms with Gasteiger partial charge in [0.2, 0.25) is 0 Å². The Labute approximate surface area is 150 Å². The Morgan fingerprint density at radius 3 is 2.81 bits per heavy atom. The highest BCUT2D eigenvalue weighted by Crippen LogP contribution is 2.33. The second-order valence-corrected chi connectivity index (χ2v) is 6.56. The molecule has 1 amide bonds. The number of aromatic carboxylic acids is 1. The molecule has 1 aromatic carbocycles. The summed E-state index contributed by atoms with van der Waals surface area (Å²) in [6.07, 6.45) is 4.23. The van der Waals surface area contributed by atoms with Crippen molar-refractivity contribution in [1.82, 2.24) is 14.9 Å². The number of aromatic nitrogens is 2. The number of nitrogens with zero attached hydrogens (tertiary/aromatic N) is 2. The third-order valence-corrected chi connectivity index (χ3v) is 4.90. The second kappa shape index (κ2) is 6.63. The van der Waals surface area contributed by atoms with Crippen LogP contribution in [-0.2, 0) is 0 Å². The fourth-order valence-corrected chi connectivity index (χ4v) is 3.60. The SMILES string of the molecule is O=C(O)c1ccnc(C(=O)N2CCCCC2c2cc3ccccc3[nH]2)c1. The summed E-state index contributed by atoms with van der Waals surface area (Å²) >= 11 is 0. The number of carbonyl (C=O) groups is 2. The highest BCUT2D eigenvalue weighted by atomic mass is 16.4. The molecular weight excluding hydrogens is 330 g/mol. The van der Waals surface area contributed by atoms with Crippen molar-refractivity contribution >= 4 is 22.8 Å². The molecule has 3 heterocycles. The predicted octanol–water partition coefficient (Wildman–Crippen LogP) is 3.63. The van der Waals surface area contributed by atoms with E-state index in [0.717, 1.165) is 35.9 Å². The van der Waals surface area contributed by atoms with Crippen molar-refractivity contribution in [3.05, 3.63) is 65.6 Å². The van der Waals surface area contributed by atoms with Gasteiger partial charge in [0.1, 0.15) is 5.69 Å². The summed E-state index contributed by atoms with van der Waals surface area (Å²) in [7, 11) is 0. The lowest BCUT2D eigenvalue weighted by Crippen LogP contribution is -2.39. The molecule has 0 radical (unpaired) electrons. The number of rotatable bonds is 3. The Balaban J connectivity index is 1.67. The number of carbonyl (C=O) groups excluding carboxylic acids is 1. The Hall–Kier alpha value is -3.15. The number of carboxylic acids is 1. The van der Waals surface area contributed by atoms with Crippen molar-refractivity contribution in [2.24, 2.45) is 0 Å². The smallest absolute Gasteiger partial charge is 0.335 e. The molecule has 1 aliphatic rings. The van der Waals surface area contributed by atoms with E-state index in [4.69, 9.17) is 5.11 Å². The quantitative estimate of drug-likeness (QED) is 0.756. The van der Waals surface area contributed by atoms with E-state index in [1.165, 1.54) is 18.3 Å². The van der Waals surface area contributed by atoms with Gasteiger partial charge in [0.05, 0.1) is 11.6 Å². The highest BCUT2D eigenvalue weighted by Gasteiger charge is 2.30. The second-order valence-electron chi connectivity index (χ2n) is 6.56. The topological polar surface area (TPSA) is 86.3 Å². The molecule has 0 saturated carbocycles. The average molecular weight is 349 g/mol. The molecule has 0 spiro atoms. The first kappa shape index (κ1) is 16.3. The van der Waals surface area contributed by atoms with Gasteiger partial charge in [0.25, 0.3) is 5.91 Å². The number of hydrogen-bond donors (Lipinski definition) is 2. The molecule has 1 atom stereocenters.